The predicted octanol–water partition coefficient (Wildman–Crippen LogP) is 2.26. The molecule has 0 aliphatic heterocycles. The molecule has 114 valence electrons. The van der Waals surface area contributed by atoms with E-state index in [2.05, 4.69) is 10.3 Å². The van der Waals surface area contributed by atoms with E-state index in [0.29, 0.717) is 12.1 Å². The maximum Gasteiger partial charge on any atom is 0.230 e. The molecule has 5 heteroatoms. The largest absolute Gasteiger partial charge is 0.361 e. The molecule has 2 N–H and O–H groups in total. The molecule has 2 aromatic rings. The van der Waals surface area contributed by atoms with Crippen LogP contribution in [-0.2, 0) is 10.2 Å². The van der Waals surface area contributed by atoms with Crippen LogP contribution in [0.15, 0.2) is 24.4 Å². The summed E-state index contributed by atoms with van der Waals surface area (Å²) in [6, 6.07) is 4.57. The van der Waals surface area contributed by atoms with Crippen molar-refractivity contribution in [3.63, 3.8) is 0 Å². The van der Waals surface area contributed by atoms with E-state index < -0.39 is 5.41 Å². The van der Waals surface area contributed by atoms with E-state index in [1.807, 2.05) is 32.8 Å². The Kier molecular flexibility index (Phi) is 4.32. The molecule has 1 amide bonds. The minimum absolute atomic E-state index is 0.0328. The number of carbonyl (C=O) groups excluding carboxylic acids is 1. The summed E-state index contributed by atoms with van der Waals surface area (Å²) in [5.74, 6) is -0.321. The van der Waals surface area contributed by atoms with Crippen molar-refractivity contribution >= 4 is 16.8 Å². The Morgan fingerprint density at radius 2 is 2.10 bits per heavy atom. The Morgan fingerprint density at radius 3 is 2.76 bits per heavy atom. The lowest BCUT2D eigenvalue weighted by molar-refractivity contribution is -0.125. The lowest BCUT2D eigenvalue weighted by atomic mass is 9.83. The van der Waals surface area contributed by atoms with Gasteiger partial charge in [-0.05, 0) is 51.7 Å². The van der Waals surface area contributed by atoms with Gasteiger partial charge in [-0.3, -0.25) is 4.79 Å². The van der Waals surface area contributed by atoms with Gasteiger partial charge in [-0.25, -0.2) is 4.39 Å². The van der Waals surface area contributed by atoms with Gasteiger partial charge < -0.3 is 15.2 Å². The Bertz CT molecular complexity index is 646. The fraction of sp³-hybridized carbons (Fsp3) is 0.438. The fourth-order valence-corrected chi connectivity index (χ4v) is 2.35. The maximum absolute atomic E-state index is 13.2. The molecular formula is C16H22FN3O. The molecule has 0 saturated heterocycles. The second-order valence-electron chi connectivity index (χ2n) is 6.08. The third-order valence-electron chi connectivity index (χ3n) is 3.73. The van der Waals surface area contributed by atoms with Gasteiger partial charge in [-0.1, -0.05) is 0 Å². The number of carbonyl (C=O) groups is 1. The van der Waals surface area contributed by atoms with Crippen molar-refractivity contribution in [2.75, 3.05) is 27.2 Å². The van der Waals surface area contributed by atoms with Gasteiger partial charge >= 0.3 is 0 Å². The smallest absolute Gasteiger partial charge is 0.230 e. The molecule has 0 atom stereocenters. The van der Waals surface area contributed by atoms with Gasteiger partial charge in [0.15, 0.2) is 0 Å². The molecule has 1 heterocycles. The number of hydrogen-bond donors (Lipinski definition) is 2. The van der Waals surface area contributed by atoms with Crippen LogP contribution in [0, 0.1) is 5.82 Å². The normalized spacial score (nSPS) is 12.1. The number of fused-ring (bicyclic) bond motifs is 1. The number of nitrogens with zero attached hydrogens (tertiary/aromatic N) is 1. The third-order valence-corrected chi connectivity index (χ3v) is 3.73. The van der Waals surface area contributed by atoms with Gasteiger partial charge in [-0.15, -0.1) is 0 Å². The Balaban J connectivity index is 2.22. The third kappa shape index (κ3) is 3.24. The van der Waals surface area contributed by atoms with E-state index >= 15 is 0 Å². The highest BCUT2D eigenvalue weighted by Gasteiger charge is 2.31. The van der Waals surface area contributed by atoms with E-state index in [1.165, 1.54) is 12.1 Å². The first kappa shape index (κ1) is 15.5. The van der Waals surface area contributed by atoms with Crippen LogP contribution in [0.25, 0.3) is 10.9 Å². The average Bonchev–Trinajstić information content (AvgIpc) is 2.81. The van der Waals surface area contributed by atoms with E-state index in [-0.39, 0.29) is 11.7 Å². The quantitative estimate of drug-likeness (QED) is 0.888. The van der Waals surface area contributed by atoms with E-state index in [1.54, 1.807) is 12.3 Å². The van der Waals surface area contributed by atoms with Crippen LogP contribution in [0.2, 0.25) is 0 Å². The number of amides is 1. The second-order valence-corrected chi connectivity index (χ2v) is 6.08. The Morgan fingerprint density at radius 1 is 1.38 bits per heavy atom. The van der Waals surface area contributed by atoms with E-state index in [9.17, 15) is 9.18 Å². The molecule has 0 saturated carbocycles. The minimum Gasteiger partial charge on any atom is -0.361 e. The number of aromatic amines is 1. The van der Waals surface area contributed by atoms with Crippen molar-refractivity contribution in [1.82, 2.24) is 15.2 Å². The summed E-state index contributed by atoms with van der Waals surface area (Å²) in [5, 5.41) is 3.83. The predicted molar refractivity (Wildman–Crippen MR) is 82.8 cm³/mol. The van der Waals surface area contributed by atoms with Crippen LogP contribution < -0.4 is 5.32 Å². The van der Waals surface area contributed by atoms with Crippen molar-refractivity contribution in [3.8, 4) is 0 Å². The highest BCUT2D eigenvalue weighted by atomic mass is 19.1. The lowest BCUT2D eigenvalue weighted by Crippen LogP contribution is -2.42. The zero-order chi connectivity index (χ0) is 15.6. The average molecular weight is 291 g/mol. The number of halogens is 1. The molecule has 0 bridgehead atoms. The summed E-state index contributed by atoms with van der Waals surface area (Å²) in [6.45, 7) is 5.15. The topological polar surface area (TPSA) is 48.1 Å². The van der Waals surface area contributed by atoms with E-state index in [4.69, 9.17) is 0 Å². The first-order valence-corrected chi connectivity index (χ1v) is 7.02. The standard InChI is InChI=1S/C16H22FN3O/c1-16(2,15(21)18-7-8-20(3)4)13-10-19-14-9-11(17)5-6-12(13)14/h5-6,9-10,19H,7-8H2,1-4H3,(H,18,21). The van der Waals surface area contributed by atoms with Gasteiger partial charge in [0.1, 0.15) is 5.82 Å². The number of nitrogens with one attached hydrogen (secondary N) is 2. The Hall–Kier alpha value is -1.88. The van der Waals surface area contributed by atoms with Crippen LogP contribution in [0.3, 0.4) is 0 Å². The molecule has 0 aliphatic rings. The molecule has 0 spiro atoms. The van der Waals surface area contributed by atoms with Gasteiger partial charge in [0.25, 0.3) is 0 Å². The fourth-order valence-electron chi connectivity index (χ4n) is 2.35. The van der Waals surface area contributed by atoms with Gasteiger partial charge in [0, 0.05) is 30.2 Å². The molecule has 0 unspecified atom stereocenters. The van der Waals surface area contributed by atoms with Crippen LogP contribution in [-0.4, -0.2) is 43.0 Å². The molecular weight excluding hydrogens is 269 g/mol. The lowest BCUT2D eigenvalue weighted by Gasteiger charge is -2.24. The molecule has 1 aromatic heterocycles. The second kappa shape index (κ2) is 5.85. The van der Waals surface area contributed by atoms with Crippen molar-refractivity contribution in [3.05, 3.63) is 35.8 Å². The van der Waals surface area contributed by atoms with Gasteiger partial charge in [-0.2, -0.15) is 0 Å². The summed E-state index contributed by atoms with van der Waals surface area (Å²) in [6.07, 6.45) is 1.79. The number of H-pyrrole nitrogens is 1. The molecule has 0 aliphatic carbocycles. The van der Waals surface area contributed by atoms with Crippen molar-refractivity contribution in [2.24, 2.45) is 0 Å². The number of benzene rings is 1. The minimum atomic E-state index is -0.678. The Labute approximate surface area is 124 Å². The summed E-state index contributed by atoms with van der Waals surface area (Å²) < 4.78 is 13.2. The molecule has 0 fully saturated rings. The zero-order valence-electron chi connectivity index (χ0n) is 13.0. The molecule has 0 radical (unpaired) electrons. The molecule has 21 heavy (non-hydrogen) atoms. The number of hydrogen-bond acceptors (Lipinski definition) is 2. The molecule has 1 aromatic carbocycles. The first-order valence-electron chi connectivity index (χ1n) is 7.02. The summed E-state index contributed by atoms with van der Waals surface area (Å²) >= 11 is 0. The summed E-state index contributed by atoms with van der Waals surface area (Å²) in [5.41, 5.74) is 0.904. The van der Waals surface area contributed by atoms with E-state index in [0.717, 1.165) is 17.5 Å². The van der Waals surface area contributed by atoms with Crippen LogP contribution in [0.1, 0.15) is 19.4 Å². The summed E-state index contributed by atoms with van der Waals surface area (Å²) in [7, 11) is 3.93. The SMILES string of the molecule is CN(C)CCNC(=O)C(C)(C)c1c[nH]c2cc(F)ccc12. The number of aromatic nitrogens is 1. The first-order chi connectivity index (χ1) is 9.82. The highest BCUT2D eigenvalue weighted by molar-refractivity contribution is 5.94. The van der Waals surface area contributed by atoms with Crippen LogP contribution in [0.4, 0.5) is 4.39 Å². The zero-order valence-corrected chi connectivity index (χ0v) is 13.0. The van der Waals surface area contributed by atoms with Crippen molar-refractivity contribution in [2.45, 2.75) is 19.3 Å². The molecule has 4 nitrogen and oxygen atoms in total. The monoisotopic (exact) mass is 291 g/mol. The van der Waals surface area contributed by atoms with Crippen LogP contribution in [0.5, 0.6) is 0 Å². The van der Waals surface area contributed by atoms with Gasteiger partial charge in [0.05, 0.1) is 5.41 Å². The molecule has 2 rings (SSSR count). The van der Waals surface area contributed by atoms with Gasteiger partial charge in [0.2, 0.25) is 5.91 Å². The highest BCUT2D eigenvalue weighted by Crippen LogP contribution is 2.30. The number of likely N-dealkylation sites (N-methyl/N-ethyl adjacent to an activating group) is 1. The van der Waals surface area contributed by atoms with Crippen LogP contribution >= 0.6 is 0 Å². The van der Waals surface area contributed by atoms with Crippen molar-refractivity contribution in [1.29, 1.82) is 0 Å². The number of rotatable bonds is 5. The maximum atomic E-state index is 13.2. The summed E-state index contributed by atoms with van der Waals surface area (Å²) in [4.78, 5) is 17.5. The van der Waals surface area contributed by atoms with Crippen molar-refractivity contribution < 1.29 is 9.18 Å².